The number of furan rings is 1. The van der Waals surface area contributed by atoms with Gasteiger partial charge in [0.05, 0.1) is 6.26 Å². The molecule has 0 radical (unpaired) electrons. The molecule has 1 heterocycles. The van der Waals surface area contributed by atoms with Crippen LogP contribution in [0.15, 0.2) is 51.6 Å². The van der Waals surface area contributed by atoms with Crippen molar-refractivity contribution in [3.63, 3.8) is 0 Å². The molecule has 1 N–H and O–H groups in total. The maximum absolute atomic E-state index is 11.7. The summed E-state index contributed by atoms with van der Waals surface area (Å²) in [5, 5.41) is 2.79. The van der Waals surface area contributed by atoms with E-state index in [2.05, 4.69) is 21.2 Å². The van der Waals surface area contributed by atoms with Crippen LogP contribution >= 0.6 is 15.9 Å². The summed E-state index contributed by atoms with van der Waals surface area (Å²) < 4.78 is 6.04. The van der Waals surface area contributed by atoms with Gasteiger partial charge in [-0.1, -0.05) is 15.9 Å². The smallest absolute Gasteiger partial charge is 0.248 e. The Bertz CT molecular complexity index is 553. The van der Waals surface area contributed by atoms with Gasteiger partial charge in [-0.3, -0.25) is 4.79 Å². The third kappa shape index (κ3) is 3.60. The molecule has 0 saturated heterocycles. The van der Waals surface area contributed by atoms with Gasteiger partial charge in [-0.25, -0.2) is 0 Å². The fraction of sp³-hybridized carbons (Fsp3) is 0.0714. The molecule has 3 nitrogen and oxygen atoms in total. The Morgan fingerprint density at radius 3 is 2.89 bits per heavy atom. The summed E-state index contributed by atoms with van der Waals surface area (Å²) in [5.74, 6) is 0.458. The van der Waals surface area contributed by atoms with Crippen molar-refractivity contribution in [3.8, 4) is 0 Å². The number of rotatable bonds is 3. The summed E-state index contributed by atoms with van der Waals surface area (Å²) in [6.07, 6.45) is 4.63. The number of anilines is 1. The van der Waals surface area contributed by atoms with E-state index >= 15 is 0 Å². The summed E-state index contributed by atoms with van der Waals surface area (Å²) in [6, 6.07) is 9.30. The van der Waals surface area contributed by atoms with Crippen molar-refractivity contribution in [2.75, 3.05) is 5.32 Å². The Morgan fingerprint density at radius 2 is 2.22 bits per heavy atom. The highest BCUT2D eigenvalue weighted by atomic mass is 79.9. The van der Waals surface area contributed by atoms with Crippen LogP contribution in [0, 0.1) is 6.92 Å². The van der Waals surface area contributed by atoms with Crippen molar-refractivity contribution in [1.82, 2.24) is 0 Å². The molecule has 0 bridgehead atoms. The minimum Gasteiger partial charge on any atom is -0.465 e. The standard InChI is InChI=1S/C14H12BrNO2/c1-10-7-11(15)9-12(8-10)16-14(17)5-4-13-3-2-6-18-13/h2-9H,1H3,(H,16,17)/b5-4+. The highest BCUT2D eigenvalue weighted by molar-refractivity contribution is 9.10. The van der Waals surface area contributed by atoms with E-state index in [0.29, 0.717) is 5.76 Å². The first-order chi connectivity index (χ1) is 8.63. The lowest BCUT2D eigenvalue weighted by Gasteiger charge is -2.04. The Balaban J connectivity index is 2.03. The van der Waals surface area contributed by atoms with E-state index < -0.39 is 0 Å². The van der Waals surface area contributed by atoms with Gasteiger partial charge in [0.1, 0.15) is 5.76 Å². The summed E-state index contributed by atoms with van der Waals surface area (Å²) in [4.78, 5) is 11.7. The van der Waals surface area contributed by atoms with E-state index in [4.69, 9.17) is 4.42 Å². The Labute approximate surface area is 114 Å². The minimum absolute atomic E-state index is 0.191. The van der Waals surface area contributed by atoms with Gasteiger partial charge in [-0.15, -0.1) is 0 Å². The normalized spacial score (nSPS) is 10.8. The topological polar surface area (TPSA) is 42.2 Å². The van der Waals surface area contributed by atoms with Crippen molar-refractivity contribution in [1.29, 1.82) is 0 Å². The number of hydrogen-bond donors (Lipinski definition) is 1. The Hall–Kier alpha value is -1.81. The number of halogens is 1. The van der Waals surface area contributed by atoms with Crippen LogP contribution in [0.25, 0.3) is 6.08 Å². The number of carbonyl (C=O) groups is 1. The summed E-state index contributed by atoms with van der Waals surface area (Å²) in [7, 11) is 0. The van der Waals surface area contributed by atoms with Crippen molar-refractivity contribution >= 4 is 33.6 Å². The lowest BCUT2D eigenvalue weighted by molar-refractivity contribution is -0.111. The van der Waals surface area contributed by atoms with Gasteiger partial charge in [-0.05, 0) is 48.9 Å². The number of nitrogens with one attached hydrogen (secondary N) is 1. The van der Waals surface area contributed by atoms with E-state index in [1.54, 1.807) is 24.5 Å². The third-order valence-corrected chi connectivity index (χ3v) is 2.71. The van der Waals surface area contributed by atoms with E-state index in [-0.39, 0.29) is 5.91 Å². The molecule has 0 aliphatic rings. The molecule has 4 heteroatoms. The zero-order chi connectivity index (χ0) is 13.0. The molecule has 0 aliphatic heterocycles. The molecule has 2 aromatic rings. The molecule has 0 spiro atoms. The average Bonchev–Trinajstić information content (AvgIpc) is 2.77. The Morgan fingerprint density at radius 1 is 1.39 bits per heavy atom. The SMILES string of the molecule is Cc1cc(Br)cc(NC(=O)/C=C/c2ccco2)c1. The summed E-state index contributed by atoms with van der Waals surface area (Å²) in [6.45, 7) is 1.97. The van der Waals surface area contributed by atoms with Crippen LogP contribution in [-0.2, 0) is 4.79 Å². The van der Waals surface area contributed by atoms with Gasteiger partial charge in [0, 0.05) is 16.2 Å². The quantitative estimate of drug-likeness (QED) is 0.871. The van der Waals surface area contributed by atoms with Gasteiger partial charge in [0.15, 0.2) is 0 Å². The van der Waals surface area contributed by atoms with Gasteiger partial charge in [0.2, 0.25) is 5.91 Å². The number of aryl methyl sites for hydroxylation is 1. The van der Waals surface area contributed by atoms with Gasteiger partial charge in [0.25, 0.3) is 0 Å². The molecule has 1 aromatic carbocycles. The zero-order valence-corrected chi connectivity index (χ0v) is 11.4. The fourth-order valence-corrected chi connectivity index (χ4v) is 2.14. The molecule has 0 unspecified atom stereocenters. The number of hydrogen-bond acceptors (Lipinski definition) is 2. The van der Waals surface area contributed by atoms with E-state index in [9.17, 15) is 4.79 Å². The Kier molecular flexibility index (Phi) is 3.99. The predicted octanol–water partition coefficient (Wildman–Crippen LogP) is 4.00. The number of benzene rings is 1. The molecule has 0 atom stereocenters. The third-order valence-electron chi connectivity index (χ3n) is 2.25. The van der Waals surface area contributed by atoms with Crippen molar-refractivity contribution in [3.05, 3.63) is 58.5 Å². The van der Waals surface area contributed by atoms with Crippen LogP contribution in [0.3, 0.4) is 0 Å². The molecule has 92 valence electrons. The van der Waals surface area contributed by atoms with Crippen molar-refractivity contribution < 1.29 is 9.21 Å². The highest BCUT2D eigenvalue weighted by Gasteiger charge is 2.00. The highest BCUT2D eigenvalue weighted by Crippen LogP contribution is 2.19. The van der Waals surface area contributed by atoms with Crippen LogP contribution in [0.5, 0.6) is 0 Å². The van der Waals surface area contributed by atoms with Gasteiger partial charge < -0.3 is 9.73 Å². The van der Waals surface area contributed by atoms with Crippen LogP contribution in [-0.4, -0.2) is 5.91 Å². The van der Waals surface area contributed by atoms with Gasteiger partial charge >= 0.3 is 0 Å². The lowest BCUT2D eigenvalue weighted by Crippen LogP contribution is -2.07. The largest absolute Gasteiger partial charge is 0.465 e. The molecule has 0 fully saturated rings. The number of amides is 1. The lowest BCUT2D eigenvalue weighted by atomic mass is 10.2. The maximum atomic E-state index is 11.7. The van der Waals surface area contributed by atoms with Crippen LogP contribution in [0.2, 0.25) is 0 Å². The molecule has 1 aromatic heterocycles. The molecule has 2 rings (SSSR count). The number of carbonyl (C=O) groups excluding carboxylic acids is 1. The predicted molar refractivity (Wildman–Crippen MR) is 75.3 cm³/mol. The van der Waals surface area contributed by atoms with Crippen molar-refractivity contribution in [2.24, 2.45) is 0 Å². The molecular formula is C14H12BrNO2. The second-order valence-electron chi connectivity index (χ2n) is 3.86. The second kappa shape index (κ2) is 5.69. The second-order valence-corrected chi connectivity index (χ2v) is 4.77. The maximum Gasteiger partial charge on any atom is 0.248 e. The van der Waals surface area contributed by atoms with Crippen LogP contribution in [0.1, 0.15) is 11.3 Å². The monoisotopic (exact) mass is 305 g/mol. The summed E-state index contributed by atoms with van der Waals surface area (Å²) in [5.41, 5.74) is 1.84. The fourth-order valence-electron chi connectivity index (χ4n) is 1.54. The van der Waals surface area contributed by atoms with E-state index in [1.807, 2.05) is 25.1 Å². The van der Waals surface area contributed by atoms with Crippen molar-refractivity contribution in [2.45, 2.75) is 6.92 Å². The van der Waals surface area contributed by atoms with E-state index in [1.165, 1.54) is 6.08 Å². The molecule has 1 amide bonds. The molecule has 0 aliphatic carbocycles. The van der Waals surface area contributed by atoms with Gasteiger partial charge in [-0.2, -0.15) is 0 Å². The zero-order valence-electron chi connectivity index (χ0n) is 9.81. The first-order valence-corrected chi connectivity index (χ1v) is 6.22. The van der Waals surface area contributed by atoms with E-state index in [0.717, 1.165) is 15.7 Å². The average molecular weight is 306 g/mol. The molecule has 18 heavy (non-hydrogen) atoms. The molecule has 0 saturated carbocycles. The first-order valence-electron chi connectivity index (χ1n) is 5.43. The molecular weight excluding hydrogens is 294 g/mol. The minimum atomic E-state index is -0.191. The van der Waals surface area contributed by atoms with Crippen LogP contribution < -0.4 is 5.32 Å². The first kappa shape index (κ1) is 12.6. The van der Waals surface area contributed by atoms with Crippen LogP contribution in [0.4, 0.5) is 5.69 Å². The summed E-state index contributed by atoms with van der Waals surface area (Å²) >= 11 is 3.39.